The average molecular weight is 485 g/mol. The van der Waals surface area contributed by atoms with E-state index in [1.807, 2.05) is 55.5 Å². The summed E-state index contributed by atoms with van der Waals surface area (Å²) in [5.41, 5.74) is 8.59. The fourth-order valence-corrected chi connectivity index (χ4v) is 5.16. The fraction of sp³-hybridized carbons (Fsp3) is 0.321. The highest BCUT2D eigenvalue weighted by atomic mass is 16.2. The Hall–Kier alpha value is -4.07. The van der Waals surface area contributed by atoms with Gasteiger partial charge in [0.1, 0.15) is 0 Å². The maximum atomic E-state index is 13.1. The van der Waals surface area contributed by atoms with E-state index in [0.717, 1.165) is 36.8 Å². The highest BCUT2D eigenvalue weighted by Gasteiger charge is 2.47. The third-order valence-corrected chi connectivity index (χ3v) is 7.12. The molecule has 2 unspecified atom stereocenters. The number of aryl methyl sites for hydroxylation is 1. The summed E-state index contributed by atoms with van der Waals surface area (Å²) in [5, 5.41) is 0.663. The van der Waals surface area contributed by atoms with Crippen LogP contribution in [0.15, 0.2) is 54.6 Å². The normalized spacial score (nSPS) is 19.3. The number of rotatable bonds is 5. The molecule has 2 N–H and O–H groups in total. The molecule has 5 rings (SSSR count). The summed E-state index contributed by atoms with van der Waals surface area (Å²) in [4.78, 5) is 56.6. The van der Waals surface area contributed by atoms with Crippen molar-refractivity contribution in [1.29, 1.82) is 0 Å². The van der Waals surface area contributed by atoms with E-state index < -0.39 is 11.8 Å². The number of imide groups is 1. The lowest BCUT2D eigenvalue weighted by molar-refractivity contribution is -0.140. The summed E-state index contributed by atoms with van der Waals surface area (Å²) in [6.45, 7) is 2.02. The minimum absolute atomic E-state index is 0.0160. The maximum Gasteiger partial charge on any atom is 0.270 e. The topological polar surface area (TPSA) is 108 Å². The van der Waals surface area contributed by atoms with Crippen molar-refractivity contribution in [3.8, 4) is 11.3 Å². The van der Waals surface area contributed by atoms with Crippen molar-refractivity contribution in [3.05, 3.63) is 65.7 Å². The molecule has 8 heteroatoms. The number of hydrogen-bond acceptors (Lipinski definition) is 5. The lowest BCUT2D eigenvalue weighted by Gasteiger charge is -2.19. The van der Waals surface area contributed by atoms with Crippen LogP contribution >= 0.6 is 0 Å². The van der Waals surface area contributed by atoms with Crippen molar-refractivity contribution < 1.29 is 19.2 Å². The fourth-order valence-electron chi connectivity index (χ4n) is 5.16. The van der Waals surface area contributed by atoms with Crippen molar-refractivity contribution in [3.63, 3.8) is 0 Å². The number of nitrogens with one attached hydrogen (secondary N) is 2. The van der Waals surface area contributed by atoms with Gasteiger partial charge in [0, 0.05) is 23.9 Å². The molecule has 1 saturated carbocycles. The number of carbonyl (C=O) groups is 4. The molecule has 0 bridgehead atoms. The van der Waals surface area contributed by atoms with Crippen molar-refractivity contribution >= 4 is 34.5 Å². The minimum Gasteiger partial charge on any atom is -0.282 e. The Morgan fingerprint density at radius 1 is 0.944 bits per heavy atom. The highest BCUT2D eigenvalue weighted by molar-refractivity contribution is 6.08. The zero-order valence-corrected chi connectivity index (χ0v) is 20.1. The van der Waals surface area contributed by atoms with Crippen LogP contribution in [-0.4, -0.2) is 40.1 Å². The number of hydrogen-bond donors (Lipinski definition) is 2. The lowest BCUT2D eigenvalue weighted by Crippen LogP contribution is -2.43. The van der Waals surface area contributed by atoms with Gasteiger partial charge in [-0.1, -0.05) is 60.9 Å². The van der Waals surface area contributed by atoms with E-state index in [4.69, 9.17) is 4.98 Å². The number of nitrogens with zero attached hydrogens (tertiary/aromatic N) is 2. The first kappa shape index (κ1) is 23.7. The van der Waals surface area contributed by atoms with Gasteiger partial charge in [0.2, 0.25) is 17.7 Å². The van der Waals surface area contributed by atoms with Crippen LogP contribution in [0.25, 0.3) is 22.2 Å². The van der Waals surface area contributed by atoms with Crippen LogP contribution in [-0.2, 0) is 14.4 Å². The number of carbonyl (C=O) groups excluding carboxylic acids is 4. The van der Waals surface area contributed by atoms with Gasteiger partial charge in [-0.25, -0.2) is 4.98 Å². The summed E-state index contributed by atoms with van der Waals surface area (Å²) in [6, 6.07) is 16.9. The van der Waals surface area contributed by atoms with Gasteiger partial charge in [0.05, 0.1) is 28.6 Å². The average Bonchev–Trinajstić information content (AvgIpc) is 3.15. The molecule has 184 valence electrons. The van der Waals surface area contributed by atoms with Crippen molar-refractivity contribution in [2.24, 2.45) is 11.8 Å². The summed E-state index contributed by atoms with van der Waals surface area (Å²) >= 11 is 0. The molecule has 0 radical (unpaired) electrons. The predicted molar refractivity (Wildman–Crippen MR) is 134 cm³/mol. The first-order chi connectivity index (χ1) is 17.4. The van der Waals surface area contributed by atoms with Gasteiger partial charge >= 0.3 is 0 Å². The quantitative estimate of drug-likeness (QED) is 0.425. The van der Waals surface area contributed by atoms with Gasteiger partial charge in [-0.05, 0) is 31.9 Å². The molecule has 2 atom stereocenters. The van der Waals surface area contributed by atoms with E-state index in [-0.39, 0.29) is 36.6 Å². The van der Waals surface area contributed by atoms with Gasteiger partial charge in [0.15, 0.2) is 0 Å². The summed E-state index contributed by atoms with van der Waals surface area (Å²) in [6.07, 6.45) is 3.30. The van der Waals surface area contributed by atoms with Crippen LogP contribution in [0.5, 0.6) is 0 Å². The zero-order valence-electron chi connectivity index (χ0n) is 20.1. The van der Waals surface area contributed by atoms with Gasteiger partial charge < -0.3 is 0 Å². The smallest absolute Gasteiger partial charge is 0.270 e. The van der Waals surface area contributed by atoms with E-state index >= 15 is 0 Å². The molecule has 2 fully saturated rings. The molecule has 2 heterocycles. The number of benzene rings is 2. The van der Waals surface area contributed by atoms with Crippen LogP contribution < -0.4 is 10.9 Å². The monoisotopic (exact) mass is 484 g/mol. The molecule has 2 aliphatic rings. The first-order valence-corrected chi connectivity index (χ1v) is 12.3. The summed E-state index contributed by atoms with van der Waals surface area (Å²) < 4.78 is 0. The molecule has 2 aromatic carbocycles. The molecule has 1 saturated heterocycles. The number of hydrazine groups is 1. The zero-order chi connectivity index (χ0) is 25.2. The maximum absolute atomic E-state index is 13.1. The Morgan fingerprint density at radius 3 is 2.31 bits per heavy atom. The van der Waals surface area contributed by atoms with Crippen molar-refractivity contribution in [2.75, 3.05) is 6.54 Å². The molecule has 36 heavy (non-hydrogen) atoms. The predicted octanol–water partition coefficient (Wildman–Crippen LogP) is 3.54. The van der Waals surface area contributed by atoms with E-state index in [1.54, 1.807) is 6.07 Å². The van der Waals surface area contributed by atoms with Crippen molar-refractivity contribution in [1.82, 2.24) is 20.7 Å². The number of fused-ring (bicyclic) bond motifs is 2. The standard InChI is InChI=1S/C28H28N4O4/c1-17-10-12-18(13-11-17)24-16-22(19-6-4-5-9-23(19)29-24)26(34)31-30-25(33)14-15-32-27(35)20-7-2-3-8-21(20)28(32)36/h4-6,9-13,16,20-21H,2-3,7-8,14-15H2,1H3,(H,30,33)(H,31,34). The van der Waals surface area contributed by atoms with E-state index in [2.05, 4.69) is 10.9 Å². The lowest BCUT2D eigenvalue weighted by atomic mass is 9.81. The molecule has 1 aliphatic heterocycles. The number of aromatic nitrogens is 1. The molecule has 4 amide bonds. The second kappa shape index (κ2) is 9.89. The molecule has 3 aromatic rings. The first-order valence-electron chi connectivity index (χ1n) is 12.3. The Morgan fingerprint density at radius 2 is 1.61 bits per heavy atom. The van der Waals surface area contributed by atoms with E-state index in [0.29, 0.717) is 22.2 Å². The Kier molecular flexibility index (Phi) is 6.50. The number of para-hydroxylation sites is 1. The van der Waals surface area contributed by atoms with Crippen LogP contribution in [0.1, 0.15) is 48.0 Å². The second-order valence-corrected chi connectivity index (χ2v) is 9.52. The molecule has 0 spiro atoms. The van der Waals surface area contributed by atoms with Gasteiger partial charge in [-0.3, -0.25) is 34.9 Å². The second-order valence-electron chi connectivity index (χ2n) is 9.52. The number of amides is 4. The van der Waals surface area contributed by atoms with E-state index in [9.17, 15) is 19.2 Å². The summed E-state index contributed by atoms with van der Waals surface area (Å²) in [7, 11) is 0. The SMILES string of the molecule is Cc1ccc(-c2cc(C(=O)NNC(=O)CCN3C(=O)C4CCCCC4C3=O)c3ccccc3n2)cc1. The van der Waals surface area contributed by atoms with Gasteiger partial charge in [-0.2, -0.15) is 0 Å². The Bertz CT molecular complexity index is 1330. The molecule has 1 aromatic heterocycles. The number of pyridine rings is 1. The Balaban J connectivity index is 1.25. The van der Waals surface area contributed by atoms with Gasteiger partial charge in [-0.15, -0.1) is 0 Å². The summed E-state index contributed by atoms with van der Waals surface area (Å²) in [5.74, 6) is -1.78. The Labute approximate surface area is 209 Å². The van der Waals surface area contributed by atoms with Crippen LogP contribution in [0.4, 0.5) is 0 Å². The molecule has 8 nitrogen and oxygen atoms in total. The molecular weight excluding hydrogens is 456 g/mol. The third-order valence-electron chi connectivity index (χ3n) is 7.12. The van der Waals surface area contributed by atoms with E-state index in [1.165, 1.54) is 4.90 Å². The minimum atomic E-state index is -0.477. The number of likely N-dealkylation sites (tertiary alicyclic amines) is 1. The van der Waals surface area contributed by atoms with Crippen LogP contribution in [0.3, 0.4) is 0 Å². The van der Waals surface area contributed by atoms with Crippen molar-refractivity contribution in [2.45, 2.75) is 39.0 Å². The van der Waals surface area contributed by atoms with Gasteiger partial charge in [0.25, 0.3) is 5.91 Å². The largest absolute Gasteiger partial charge is 0.282 e. The third kappa shape index (κ3) is 4.58. The highest BCUT2D eigenvalue weighted by Crippen LogP contribution is 2.38. The van der Waals surface area contributed by atoms with Crippen LogP contribution in [0.2, 0.25) is 0 Å². The molecular formula is C28H28N4O4. The van der Waals surface area contributed by atoms with Crippen LogP contribution in [0, 0.1) is 18.8 Å². The molecule has 1 aliphatic carbocycles.